The van der Waals surface area contributed by atoms with Crippen LogP contribution in [0, 0.1) is 0 Å². The highest BCUT2D eigenvalue weighted by molar-refractivity contribution is 6.16. The van der Waals surface area contributed by atoms with E-state index < -0.39 is 11.1 Å². The van der Waals surface area contributed by atoms with E-state index in [9.17, 15) is 9.59 Å². The Kier molecular flexibility index (Phi) is 7.38. The largest absolute Gasteiger partial charge is 0.368 e. The minimum absolute atomic E-state index is 0.0750. The van der Waals surface area contributed by atoms with Gasteiger partial charge in [-0.2, -0.15) is 0 Å². The average molecular weight is 679 g/mol. The van der Waals surface area contributed by atoms with Gasteiger partial charge in [-0.1, -0.05) is 161 Å². The molecule has 0 saturated carbocycles. The van der Waals surface area contributed by atoms with Crippen molar-refractivity contribution in [2.24, 2.45) is 0 Å². The number of nitrogens with one attached hydrogen (secondary N) is 2. The molecule has 10 rings (SSSR count). The van der Waals surface area contributed by atoms with E-state index in [1.807, 2.05) is 48.5 Å². The Morgan fingerprint density at radius 2 is 0.788 bits per heavy atom. The van der Waals surface area contributed by atoms with Crippen molar-refractivity contribution in [3.8, 4) is 22.3 Å². The van der Waals surface area contributed by atoms with E-state index in [0.717, 1.165) is 68.7 Å². The van der Waals surface area contributed by atoms with E-state index in [1.165, 1.54) is 22.3 Å². The minimum Gasteiger partial charge on any atom is -0.368 e. The van der Waals surface area contributed by atoms with Gasteiger partial charge < -0.3 is 10.6 Å². The third-order valence-electron chi connectivity index (χ3n) is 12.3. The molecule has 6 aromatic carbocycles. The molecular weight excluding hydrogens is 637 g/mol. The Morgan fingerprint density at radius 1 is 0.442 bits per heavy atom. The third kappa shape index (κ3) is 4.21. The van der Waals surface area contributed by atoms with Crippen molar-refractivity contribution in [1.29, 1.82) is 0 Å². The van der Waals surface area contributed by atoms with Gasteiger partial charge in [0.2, 0.25) is 0 Å². The molecule has 2 aliphatic carbocycles. The molecule has 0 fully saturated rings. The molecule has 2 N–H and O–H groups in total. The summed E-state index contributed by atoms with van der Waals surface area (Å²) >= 11 is 0. The summed E-state index contributed by atoms with van der Waals surface area (Å²) in [6.45, 7) is 8.69. The van der Waals surface area contributed by atoms with Gasteiger partial charge in [-0.3, -0.25) is 9.59 Å². The molecular formula is C48H42N2O2. The standard InChI is InChI=1S/2C24H21NO/c2*1-3-16-9-8-13-17-15(2)24(25-22(16)17)21-14-7-6-11-19(21)18-10-4-5-12-20(18)23(24)26/h2*4-15,25H,3H2,1-2H3/t2*15-,24-/m11/s1. The van der Waals surface area contributed by atoms with Crippen LogP contribution < -0.4 is 10.6 Å². The van der Waals surface area contributed by atoms with E-state index in [2.05, 4.69) is 123 Å². The summed E-state index contributed by atoms with van der Waals surface area (Å²) < 4.78 is 0. The van der Waals surface area contributed by atoms with Crippen molar-refractivity contribution in [3.63, 3.8) is 0 Å². The van der Waals surface area contributed by atoms with E-state index in [-0.39, 0.29) is 23.4 Å². The normalized spacial score (nSPS) is 22.5. The molecule has 0 radical (unpaired) electrons. The molecule has 6 aromatic rings. The molecule has 4 nitrogen and oxygen atoms in total. The zero-order valence-corrected chi connectivity index (χ0v) is 30.1. The second-order valence-corrected chi connectivity index (χ2v) is 14.6. The first-order chi connectivity index (χ1) is 25.4. The average Bonchev–Trinajstić information content (AvgIpc) is 3.68. The van der Waals surface area contributed by atoms with E-state index in [4.69, 9.17) is 0 Å². The maximum Gasteiger partial charge on any atom is 0.194 e. The second kappa shape index (κ2) is 11.9. The molecule has 52 heavy (non-hydrogen) atoms. The molecule has 0 aromatic heterocycles. The molecule has 4 aliphatic rings. The highest BCUT2D eigenvalue weighted by Crippen LogP contribution is 2.57. The summed E-state index contributed by atoms with van der Waals surface area (Å²) in [5.41, 5.74) is 14.1. The van der Waals surface area contributed by atoms with Crippen molar-refractivity contribution in [3.05, 3.63) is 178 Å². The van der Waals surface area contributed by atoms with Gasteiger partial charge in [0.25, 0.3) is 0 Å². The van der Waals surface area contributed by atoms with Gasteiger partial charge in [0, 0.05) is 34.3 Å². The second-order valence-electron chi connectivity index (χ2n) is 14.6. The van der Waals surface area contributed by atoms with Gasteiger partial charge in [-0.25, -0.2) is 0 Å². The van der Waals surface area contributed by atoms with Crippen LogP contribution in [0.4, 0.5) is 11.4 Å². The summed E-state index contributed by atoms with van der Waals surface area (Å²) in [5, 5.41) is 7.43. The number of fused-ring (bicyclic) bond motifs is 10. The van der Waals surface area contributed by atoms with Crippen LogP contribution in [0.1, 0.15) is 93.6 Å². The molecule has 2 aliphatic heterocycles. The lowest BCUT2D eigenvalue weighted by atomic mass is 9.67. The number of hydrogen-bond donors (Lipinski definition) is 2. The van der Waals surface area contributed by atoms with Crippen LogP contribution in [0.2, 0.25) is 0 Å². The summed E-state index contributed by atoms with van der Waals surface area (Å²) in [5.74, 6) is 0.507. The maximum absolute atomic E-state index is 13.8. The molecule has 2 heterocycles. The van der Waals surface area contributed by atoms with Crippen molar-refractivity contribution in [2.45, 2.75) is 63.5 Å². The Morgan fingerprint density at radius 3 is 1.17 bits per heavy atom. The van der Waals surface area contributed by atoms with Crippen molar-refractivity contribution in [1.82, 2.24) is 0 Å². The van der Waals surface area contributed by atoms with E-state index >= 15 is 0 Å². The van der Waals surface area contributed by atoms with Crippen LogP contribution >= 0.6 is 0 Å². The van der Waals surface area contributed by atoms with Crippen LogP contribution in [-0.2, 0) is 23.9 Å². The fraction of sp³-hybridized carbons (Fsp3) is 0.208. The number of hydrogen-bond acceptors (Lipinski definition) is 4. The topological polar surface area (TPSA) is 58.2 Å². The molecule has 2 spiro atoms. The van der Waals surface area contributed by atoms with E-state index in [1.54, 1.807) is 0 Å². The van der Waals surface area contributed by atoms with Crippen molar-refractivity contribution < 1.29 is 9.59 Å². The zero-order valence-electron chi connectivity index (χ0n) is 30.1. The summed E-state index contributed by atoms with van der Waals surface area (Å²) in [6.07, 6.45) is 1.90. The molecule has 0 unspecified atom stereocenters. The van der Waals surface area contributed by atoms with Crippen LogP contribution in [0.25, 0.3) is 22.3 Å². The SMILES string of the molecule is CCc1cccc2c1N[C@]1(C(=O)c3ccccc3-c3ccccc31)[C@@H]2C.CCc1cccc2c1N[C@]1(C(=O)c3ccccc3-c3ccccc31)[C@@H]2C. The Labute approximate surface area is 306 Å². The van der Waals surface area contributed by atoms with Crippen LogP contribution in [-0.4, -0.2) is 11.6 Å². The Balaban J connectivity index is 0.000000138. The fourth-order valence-electron chi connectivity index (χ4n) is 9.67. The van der Waals surface area contributed by atoms with E-state index in [0.29, 0.717) is 0 Å². The minimum atomic E-state index is -0.724. The molecule has 0 bridgehead atoms. The first kappa shape index (κ1) is 32.2. The number of para-hydroxylation sites is 2. The Bertz CT molecular complexity index is 2270. The van der Waals surface area contributed by atoms with Gasteiger partial charge in [-0.05, 0) is 68.5 Å². The first-order valence-corrected chi connectivity index (χ1v) is 18.6. The number of benzene rings is 6. The molecule has 0 amide bonds. The predicted molar refractivity (Wildman–Crippen MR) is 211 cm³/mol. The number of rotatable bonds is 2. The number of Topliss-reactive ketones (excluding diaryl/α,β-unsaturated/α-hetero) is 2. The summed E-state index contributed by atoms with van der Waals surface area (Å²) in [6, 6.07) is 45.6. The molecule has 4 atom stereocenters. The monoisotopic (exact) mass is 678 g/mol. The number of carbonyl (C=O) groups excluding carboxylic acids is 2. The van der Waals surface area contributed by atoms with Gasteiger partial charge in [0.1, 0.15) is 11.1 Å². The third-order valence-corrected chi connectivity index (χ3v) is 12.3. The first-order valence-electron chi connectivity index (χ1n) is 18.6. The number of ketones is 2. The van der Waals surface area contributed by atoms with Gasteiger partial charge >= 0.3 is 0 Å². The van der Waals surface area contributed by atoms with Crippen LogP contribution in [0.15, 0.2) is 133 Å². The summed E-state index contributed by atoms with van der Waals surface area (Å²) in [4.78, 5) is 27.6. The number of carbonyl (C=O) groups is 2. The summed E-state index contributed by atoms with van der Waals surface area (Å²) in [7, 11) is 0. The lowest BCUT2D eigenvalue weighted by Gasteiger charge is -2.39. The number of aryl methyl sites for hydroxylation is 2. The fourth-order valence-corrected chi connectivity index (χ4v) is 9.67. The molecule has 4 heteroatoms. The van der Waals surface area contributed by atoms with Crippen molar-refractivity contribution in [2.75, 3.05) is 10.6 Å². The lowest BCUT2D eigenvalue weighted by molar-refractivity contribution is 0.0881. The maximum atomic E-state index is 13.8. The van der Waals surface area contributed by atoms with Gasteiger partial charge in [0.05, 0.1) is 0 Å². The highest BCUT2D eigenvalue weighted by atomic mass is 16.1. The number of anilines is 2. The molecule has 0 saturated heterocycles. The zero-order chi connectivity index (χ0) is 35.8. The van der Waals surface area contributed by atoms with Crippen LogP contribution in [0.3, 0.4) is 0 Å². The van der Waals surface area contributed by atoms with Gasteiger partial charge in [-0.15, -0.1) is 0 Å². The molecule has 256 valence electrons. The predicted octanol–water partition coefficient (Wildman–Crippen LogP) is 11.1. The van der Waals surface area contributed by atoms with Crippen molar-refractivity contribution >= 4 is 22.9 Å². The highest BCUT2D eigenvalue weighted by Gasteiger charge is 2.56. The van der Waals surface area contributed by atoms with Gasteiger partial charge in [0.15, 0.2) is 11.6 Å². The van der Waals surface area contributed by atoms with Crippen LogP contribution in [0.5, 0.6) is 0 Å². The smallest absolute Gasteiger partial charge is 0.194 e. The quantitative estimate of drug-likeness (QED) is 0.191. The Hall–Kier alpha value is -5.74. The lowest BCUT2D eigenvalue weighted by Crippen LogP contribution is -2.46.